The highest BCUT2D eigenvalue weighted by molar-refractivity contribution is 6.21. The average molecular weight is 342 g/mol. The van der Waals surface area contributed by atoms with Crippen molar-refractivity contribution in [2.24, 2.45) is 7.05 Å². The number of hydrogen-bond acceptors (Lipinski definition) is 6. The van der Waals surface area contributed by atoms with E-state index in [9.17, 15) is 13.9 Å². The first-order valence-electron chi connectivity index (χ1n) is 6.39. The Balaban J connectivity index is 1.92. The van der Waals surface area contributed by atoms with Gasteiger partial charge in [-0.1, -0.05) is 23.4 Å². The Kier molecular flexibility index (Phi) is 3.82. The Bertz CT molecular complexity index is 830. The van der Waals surface area contributed by atoms with Gasteiger partial charge in [-0.25, -0.2) is 4.98 Å². The van der Waals surface area contributed by atoms with E-state index in [1.165, 1.54) is 17.1 Å². The molecular formula is C13H10ClF2N5O2. The molecule has 0 bridgehead atoms. The third-order valence-electron chi connectivity index (χ3n) is 2.99. The summed E-state index contributed by atoms with van der Waals surface area (Å²) < 4.78 is 31.7. The zero-order valence-corrected chi connectivity index (χ0v) is 12.4. The van der Waals surface area contributed by atoms with Gasteiger partial charge in [-0.3, -0.25) is 4.68 Å². The molecule has 0 spiro atoms. The van der Waals surface area contributed by atoms with Crippen molar-refractivity contribution in [3.63, 3.8) is 0 Å². The standard InChI is InChI=1S/C13H10ClF2N5O2/c1-21-6-17-11(19-21)9(22)7-3-2-4-8(5-7)10-18-12(23-20-10)13(14,15)16/h2-6,9,22H,1H3. The summed E-state index contributed by atoms with van der Waals surface area (Å²) in [5.74, 6) is -0.847. The van der Waals surface area contributed by atoms with Gasteiger partial charge in [0.15, 0.2) is 5.82 Å². The molecule has 120 valence electrons. The lowest BCUT2D eigenvalue weighted by Crippen LogP contribution is -2.04. The van der Waals surface area contributed by atoms with Gasteiger partial charge < -0.3 is 9.63 Å². The van der Waals surface area contributed by atoms with Gasteiger partial charge in [0.2, 0.25) is 5.82 Å². The number of aryl methyl sites for hydroxylation is 1. The molecule has 0 aliphatic heterocycles. The van der Waals surface area contributed by atoms with Crippen molar-refractivity contribution in [2.75, 3.05) is 0 Å². The number of aliphatic hydroxyl groups is 1. The number of aromatic nitrogens is 5. The number of alkyl halides is 3. The Morgan fingerprint density at radius 3 is 2.78 bits per heavy atom. The molecule has 10 heteroatoms. The monoisotopic (exact) mass is 341 g/mol. The van der Waals surface area contributed by atoms with E-state index >= 15 is 0 Å². The van der Waals surface area contributed by atoms with E-state index in [-0.39, 0.29) is 11.6 Å². The Labute approximate surface area is 133 Å². The van der Waals surface area contributed by atoms with Crippen LogP contribution in [0.25, 0.3) is 11.4 Å². The van der Waals surface area contributed by atoms with Crippen molar-refractivity contribution in [3.05, 3.63) is 47.9 Å². The second kappa shape index (κ2) is 5.67. The maximum absolute atomic E-state index is 12.9. The van der Waals surface area contributed by atoms with Crippen LogP contribution in [0.15, 0.2) is 35.1 Å². The van der Waals surface area contributed by atoms with Crippen LogP contribution in [-0.2, 0) is 12.4 Å². The molecule has 0 saturated heterocycles. The number of hydrogen-bond donors (Lipinski definition) is 1. The molecule has 7 nitrogen and oxygen atoms in total. The summed E-state index contributed by atoms with van der Waals surface area (Å²) in [4.78, 5) is 7.52. The van der Waals surface area contributed by atoms with Gasteiger partial charge in [0.1, 0.15) is 12.4 Å². The van der Waals surface area contributed by atoms with Crippen molar-refractivity contribution >= 4 is 11.6 Å². The molecule has 3 rings (SSSR count). The summed E-state index contributed by atoms with van der Waals surface area (Å²) in [7, 11) is 1.67. The third kappa shape index (κ3) is 3.20. The van der Waals surface area contributed by atoms with E-state index < -0.39 is 17.4 Å². The first kappa shape index (κ1) is 15.5. The quantitative estimate of drug-likeness (QED) is 0.732. The highest BCUT2D eigenvalue weighted by Crippen LogP contribution is 2.32. The zero-order valence-electron chi connectivity index (χ0n) is 11.7. The molecule has 2 aromatic heterocycles. The van der Waals surface area contributed by atoms with Crippen molar-refractivity contribution in [2.45, 2.75) is 11.5 Å². The summed E-state index contributed by atoms with van der Waals surface area (Å²) in [6.07, 6.45) is 0.383. The minimum Gasteiger partial charge on any atom is -0.380 e. The van der Waals surface area contributed by atoms with Crippen molar-refractivity contribution < 1.29 is 18.4 Å². The van der Waals surface area contributed by atoms with Gasteiger partial charge in [-0.15, -0.1) is 0 Å². The molecule has 0 aliphatic carbocycles. The molecule has 1 aromatic carbocycles. The van der Waals surface area contributed by atoms with Gasteiger partial charge in [0.25, 0.3) is 0 Å². The minimum absolute atomic E-state index is 0.0663. The number of nitrogens with zero attached hydrogens (tertiary/aromatic N) is 5. The van der Waals surface area contributed by atoms with E-state index in [1.54, 1.807) is 25.2 Å². The Hall–Kier alpha value is -2.39. The molecule has 0 amide bonds. The molecule has 0 aliphatic rings. The van der Waals surface area contributed by atoms with Crippen LogP contribution in [0.3, 0.4) is 0 Å². The first-order valence-corrected chi connectivity index (χ1v) is 6.77. The minimum atomic E-state index is -3.74. The number of benzene rings is 1. The largest absolute Gasteiger partial charge is 0.400 e. The molecule has 1 atom stereocenters. The lowest BCUT2D eigenvalue weighted by atomic mass is 10.1. The molecule has 1 unspecified atom stereocenters. The van der Waals surface area contributed by atoms with Crippen molar-refractivity contribution in [3.8, 4) is 11.4 Å². The molecule has 23 heavy (non-hydrogen) atoms. The zero-order chi connectivity index (χ0) is 16.6. The normalized spacial score (nSPS) is 13.3. The summed E-state index contributed by atoms with van der Waals surface area (Å²) in [5.41, 5.74) is 0.839. The number of aliphatic hydroxyl groups excluding tert-OH is 1. The molecule has 1 N–H and O–H groups in total. The maximum atomic E-state index is 12.9. The summed E-state index contributed by atoms with van der Waals surface area (Å²) >= 11 is 4.83. The average Bonchev–Trinajstić information content (AvgIpc) is 3.15. The van der Waals surface area contributed by atoms with Crippen molar-refractivity contribution in [1.29, 1.82) is 0 Å². The van der Waals surface area contributed by atoms with Gasteiger partial charge >= 0.3 is 11.3 Å². The highest BCUT2D eigenvalue weighted by atomic mass is 35.5. The van der Waals surface area contributed by atoms with Gasteiger partial charge in [0.05, 0.1) is 0 Å². The third-order valence-corrected chi connectivity index (χ3v) is 3.15. The van der Waals surface area contributed by atoms with E-state index in [0.717, 1.165) is 0 Å². The van der Waals surface area contributed by atoms with Crippen LogP contribution in [0.1, 0.15) is 23.4 Å². The fourth-order valence-corrected chi connectivity index (χ4v) is 2.01. The van der Waals surface area contributed by atoms with Crippen LogP contribution < -0.4 is 0 Å². The van der Waals surface area contributed by atoms with Crippen molar-refractivity contribution in [1.82, 2.24) is 24.9 Å². The van der Waals surface area contributed by atoms with E-state index in [1.807, 2.05) is 0 Å². The second-order valence-electron chi connectivity index (χ2n) is 4.73. The second-order valence-corrected chi connectivity index (χ2v) is 5.20. The predicted molar refractivity (Wildman–Crippen MR) is 74.5 cm³/mol. The lowest BCUT2D eigenvalue weighted by Gasteiger charge is -2.07. The smallest absolute Gasteiger partial charge is 0.380 e. The van der Waals surface area contributed by atoms with Crippen LogP contribution in [-0.4, -0.2) is 30.0 Å². The molecule has 0 radical (unpaired) electrons. The molecule has 3 aromatic rings. The molecular weight excluding hydrogens is 332 g/mol. The van der Waals surface area contributed by atoms with E-state index in [2.05, 4.69) is 24.7 Å². The van der Waals surface area contributed by atoms with Crippen LogP contribution >= 0.6 is 11.6 Å². The van der Waals surface area contributed by atoms with Gasteiger partial charge in [-0.05, 0) is 23.2 Å². The maximum Gasteiger partial charge on any atom is 0.400 e. The van der Waals surface area contributed by atoms with Crippen LogP contribution in [0, 0.1) is 0 Å². The van der Waals surface area contributed by atoms with E-state index in [0.29, 0.717) is 11.1 Å². The SMILES string of the molecule is Cn1cnc(C(O)c2cccc(-c3noc(C(F)(F)Cl)n3)c2)n1. The Morgan fingerprint density at radius 2 is 2.17 bits per heavy atom. The fraction of sp³-hybridized carbons (Fsp3) is 0.231. The Morgan fingerprint density at radius 1 is 1.39 bits per heavy atom. The number of rotatable bonds is 4. The first-order chi connectivity index (χ1) is 10.8. The highest BCUT2D eigenvalue weighted by Gasteiger charge is 2.35. The predicted octanol–water partition coefficient (Wildman–Crippen LogP) is 2.23. The summed E-state index contributed by atoms with van der Waals surface area (Å²) in [5, 5.41) is 14.0. The topological polar surface area (TPSA) is 89.9 Å². The van der Waals surface area contributed by atoms with Gasteiger partial charge in [-0.2, -0.15) is 18.9 Å². The molecule has 0 fully saturated rings. The summed E-state index contributed by atoms with van der Waals surface area (Å²) in [6, 6.07) is 6.37. The summed E-state index contributed by atoms with van der Waals surface area (Å²) in [6.45, 7) is 0. The van der Waals surface area contributed by atoms with Crippen LogP contribution in [0.2, 0.25) is 0 Å². The van der Waals surface area contributed by atoms with E-state index in [4.69, 9.17) is 11.6 Å². The van der Waals surface area contributed by atoms with Gasteiger partial charge in [0, 0.05) is 12.6 Å². The fourth-order valence-electron chi connectivity index (χ4n) is 1.93. The van der Waals surface area contributed by atoms with Crippen LogP contribution in [0.4, 0.5) is 8.78 Å². The lowest BCUT2D eigenvalue weighted by molar-refractivity contribution is 0.0551. The van der Waals surface area contributed by atoms with Crippen LogP contribution in [0.5, 0.6) is 0 Å². The molecule has 0 saturated carbocycles. The number of halogens is 3. The molecule has 2 heterocycles.